The first kappa shape index (κ1) is 7.76. The maximum atomic E-state index is 5.66. The third-order valence-corrected chi connectivity index (χ3v) is 1.74. The number of nitrogens with two attached hydrogens (primary N) is 1. The molecule has 1 aliphatic heterocycles. The molecule has 0 aromatic rings. The standard InChI is InChI=1S/C8H16N2/c1-7(9)6-8-2-4-10-5-3-8/h2,7,10H,3-6,9H2,1H3. The highest BCUT2D eigenvalue weighted by atomic mass is 14.8. The lowest BCUT2D eigenvalue weighted by molar-refractivity contribution is 0.641. The maximum Gasteiger partial charge on any atom is 0.0137 e. The van der Waals surface area contributed by atoms with Crippen LogP contribution in [0.15, 0.2) is 11.6 Å². The van der Waals surface area contributed by atoms with Crippen molar-refractivity contribution in [1.82, 2.24) is 5.32 Å². The summed E-state index contributed by atoms with van der Waals surface area (Å²) in [6.45, 7) is 4.21. The molecule has 1 unspecified atom stereocenters. The van der Waals surface area contributed by atoms with Crippen molar-refractivity contribution in [1.29, 1.82) is 0 Å². The summed E-state index contributed by atoms with van der Waals surface area (Å²) in [5.74, 6) is 0. The van der Waals surface area contributed by atoms with E-state index >= 15 is 0 Å². The van der Waals surface area contributed by atoms with Gasteiger partial charge in [0.25, 0.3) is 0 Å². The number of rotatable bonds is 2. The van der Waals surface area contributed by atoms with Crippen molar-refractivity contribution in [2.24, 2.45) is 5.73 Å². The van der Waals surface area contributed by atoms with Gasteiger partial charge in [-0.15, -0.1) is 0 Å². The van der Waals surface area contributed by atoms with E-state index in [1.807, 2.05) is 0 Å². The van der Waals surface area contributed by atoms with Crippen LogP contribution in [0, 0.1) is 0 Å². The van der Waals surface area contributed by atoms with Crippen molar-refractivity contribution in [3.63, 3.8) is 0 Å². The SMILES string of the molecule is CC(N)CC1=CCNCC1. The summed E-state index contributed by atoms with van der Waals surface area (Å²) in [4.78, 5) is 0. The molecule has 2 nitrogen and oxygen atoms in total. The molecule has 3 N–H and O–H groups in total. The van der Waals surface area contributed by atoms with E-state index in [9.17, 15) is 0 Å². The van der Waals surface area contributed by atoms with Crippen LogP contribution in [0.2, 0.25) is 0 Å². The molecular formula is C8H16N2. The highest BCUT2D eigenvalue weighted by molar-refractivity contribution is 5.07. The van der Waals surface area contributed by atoms with Gasteiger partial charge in [-0.1, -0.05) is 11.6 Å². The maximum absolute atomic E-state index is 5.66. The van der Waals surface area contributed by atoms with Crippen LogP contribution >= 0.6 is 0 Å². The van der Waals surface area contributed by atoms with Crippen LogP contribution in [0.25, 0.3) is 0 Å². The van der Waals surface area contributed by atoms with Gasteiger partial charge >= 0.3 is 0 Å². The van der Waals surface area contributed by atoms with E-state index in [1.54, 1.807) is 0 Å². The van der Waals surface area contributed by atoms with Crippen LogP contribution in [-0.2, 0) is 0 Å². The first-order chi connectivity index (χ1) is 4.79. The largest absolute Gasteiger partial charge is 0.328 e. The lowest BCUT2D eigenvalue weighted by Gasteiger charge is -2.15. The Balaban J connectivity index is 2.31. The average Bonchev–Trinajstić information content (AvgIpc) is 1.88. The predicted molar refractivity (Wildman–Crippen MR) is 43.8 cm³/mol. The Labute approximate surface area is 62.5 Å². The molecule has 1 rings (SSSR count). The van der Waals surface area contributed by atoms with Crippen molar-refractivity contribution < 1.29 is 0 Å². The Morgan fingerprint density at radius 1 is 1.80 bits per heavy atom. The molecule has 0 saturated carbocycles. The lowest BCUT2D eigenvalue weighted by atomic mass is 10.0. The second-order valence-corrected chi connectivity index (χ2v) is 3.00. The molecule has 58 valence electrons. The summed E-state index contributed by atoms with van der Waals surface area (Å²) in [5.41, 5.74) is 7.18. The van der Waals surface area contributed by atoms with Crippen molar-refractivity contribution in [2.75, 3.05) is 13.1 Å². The molecule has 1 aliphatic rings. The zero-order valence-corrected chi connectivity index (χ0v) is 6.56. The number of nitrogens with one attached hydrogen (secondary N) is 1. The molecule has 0 aliphatic carbocycles. The van der Waals surface area contributed by atoms with Gasteiger partial charge in [0, 0.05) is 12.6 Å². The number of hydrogen-bond acceptors (Lipinski definition) is 2. The topological polar surface area (TPSA) is 38.0 Å². The Morgan fingerprint density at radius 2 is 2.60 bits per heavy atom. The second-order valence-electron chi connectivity index (χ2n) is 3.00. The van der Waals surface area contributed by atoms with Crippen LogP contribution in [0.3, 0.4) is 0 Å². The van der Waals surface area contributed by atoms with E-state index in [4.69, 9.17) is 5.73 Å². The normalized spacial score (nSPS) is 22.0. The molecule has 10 heavy (non-hydrogen) atoms. The molecule has 0 aromatic carbocycles. The van der Waals surface area contributed by atoms with Gasteiger partial charge in [0.2, 0.25) is 0 Å². The highest BCUT2D eigenvalue weighted by Crippen LogP contribution is 2.10. The molecule has 0 radical (unpaired) electrons. The average molecular weight is 140 g/mol. The third kappa shape index (κ3) is 2.50. The van der Waals surface area contributed by atoms with Crippen LogP contribution in [-0.4, -0.2) is 19.1 Å². The molecule has 0 fully saturated rings. The summed E-state index contributed by atoms with van der Waals surface area (Å²) < 4.78 is 0. The van der Waals surface area contributed by atoms with Gasteiger partial charge in [-0.3, -0.25) is 0 Å². The Morgan fingerprint density at radius 3 is 3.10 bits per heavy atom. The molecule has 0 amide bonds. The van der Waals surface area contributed by atoms with E-state index in [1.165, 1.54) is 12.0 Å². The zero-order chi connectivity index (χ0) is 7.40. The van der Waals surface area contributed by atoms with Crippen molar-refractivity contribution in [3.05, 3.63) is 11.6 Å². The van der Waals surface area contributed by atoms with E-state index in [0.29, 0.717) is 6.04 Å². The van der Waals surface area contributed by atoms with Crippen molar-refractivity contribution in [2.45, 2.75) is 25.8 Å². The Kier molecular flexibility index (Phi) is 2.90. The minimum Gasteiger partial charge on any atom is -0.328 e. The van der Waals surface area contributed by atoms with Crippen LogP contribution < -0.4 is 11.1 Å². The minimum atomic E-state index is 0.323. The minimum absolute atomic E-state index is 0.323. The van der Waals surface area contributed by atoms with Crippen LogP contribution in [0.4, 0.5) is 0 Å². The van der Waals surface area contributed by atoms with E-state index < -0.39 is 0 Å². The smallest absolute Gasteiger partial charge is 0.0137 e. The first-order valence-corrected chi connectivity index (χ1v) is 3.93. The fourth-order valence-electron chi connectivity index (χ4n) is 1.27. The molecular weight excluding hydrogens is 124 g/mol. The Hall–Kier alpha value is -0.340. The molecule has 0 bridgehead atoms. The fourth-order valence-corrected chi connectivity index (χ4v) is 1.27. The summed E-state index contributed by atoms with van der Waals surface area (Å²) in [5, 5.41) is 3.27. The summed E-state index contributed by atoms with van der Waals surface area (Å²) in [6, 6.07) is 0.323. The predicted octanol–water partition coefficient (Wildman–Crippen LogP) is 0.643. The van der Waals surface area contributed by atoms with Gasteiger partial charge in [-0.2, -0.15) is 0 Å². The first-order valence-electron chi connectivity index (χ1n) is 3.93. The van der Waals surface area contributed by atoms with Gasteiger partial charge in [0.05, 0.1) is 0 Å². The van der Waals surface area contributed by atoms with Gasteiger partial charge in [0.1, 0.15) is 0 Å². The van der Waals surface area contributed by atoms with Crippen molar-refractivity contribution >= 4 is 0 Å². The summed E-state index contributed by atoms with van der Waals surface area (Å²) in [6.07, 6.45) is 4.51. The highest BCUT2D eigenvalue weighted by Gasteiger charge is 2.03. The lowest BCUT2D eigenvalue weighted by Crippen LogP contribution is -2.23. The Bertz CT molecular complexity index is 127. The van der Waals surface area contributed by atoms with Gasteiger partial charge in [-0.05, 0) is 26.3 Å². The van der Waals surface area contributed by atoms with Gasteiger partial charge in [0.15, 0.2) is 0 Å². The van der Waals surface area contributed by atoms with Gasteiger partial charge in [-0.25, -0.2) is 0 Å². The van der Waals surface area contributed by atoms with Gasteiger partial charge < -0.3 is 11.1 Å². The van der Waals surface area contributed by atoms with Crippen LogP contribution in [0.5, 0.6) is 0 Å². The van der Waals surface area contributed by atoms with E-state index in [0.717, 1.165) is 19.5 Å². The molecule has 0 spiro atoms. The summed E-state index contributed by atoms with van der Waals surface area (Å²) >= 11 is 0. The molecule has 1 atom stereocenters. The van der Waals surface area contributed by atoms with E-state index in [-0.39, 0.29) is 0 Å². The number of hydrogen-bond donors (Lipinski definition) is 2. The fraction of sp³-hybridized carbons (Fsp3) is 0.750. The summed E-state index contributed by atoms with van der Waals surface area (Å²) in [7, 11) is 0. The quantitative estimate of drug-likeness (QED) is 0.552. The molecule has 1 heterocycles. The molecule has 0 aromatic heterocycles. The molecule has 0 saturated heterocycles. The zero-order valence-electron chi connectivity index (χ0n) is 6.56. The van der Waals surface area contributed by atoms with E-state index in [2.05, 4.69) is 18.3 Å². The van der Waals surface area contributed by atoms with Crippen molar-refractivity contribution in [3.8, 4) is 0 Å². The van der Waals surface area contributed by atoms with Crippen LogP contribution in [0.1, 0.15) is 19.8 Å². The molecule has 2 heteroatoms. The monoisotopic (exact) mass is 140 g/mol. The second kappa shape index (κ2) is 3.74. The third-order valence-electron chi connectivity index (χ3n) is 1.74.